The second-order valence-electron chi connectivity index (χ2n) is 17.1. The Morgan fingerprint density at radius 2 is 1.01 bits per heavy atom. The second-order valence-corrected chi connectivity index (χ2v) is 18.8. The molecule has 0 amide bonds. The van der Waals surface area contributed by atoms with Gasteiger partial charge in [0.05, 0.1) is 31.3 Å². The van der Waals surface area contributed by atoms with Crippen molar-refractivity contribution in [2.75, 3.05) is 41.6 Å². The number of hydrogen-bond donors (Lipinski definition) is 5. The first kappa shape index (κ1) is 54.6. The first-order valence-electron chi connectivity index (χ1n) is 23.9. The van der Waals surface area contributed by atoms with Crippen molar-refractivity contribution in [1.82, 2.24) is 29.9 Å². The quantitative estimate of drug-likeness (QED) is 0.0216. The van der Waals surface area contributed by atoms with E-state index in [1.165, 1.54) is 71.3 Å². The summed E-state index contributed by atoms with van der Waals surface area (Å²) in [5.74, 6) is 3.57. The molecule has 0 radical (unpaired) electrons. The zero-order valence-corrected chi connectivity index (χ0v) is 41.6. The number of anilines is 6. The number of aromatic nitrogens is 6. The number of rotatable bonds is 24. The standard InChI is InChI=1S/C25H33N5O3S.C24H31N5O3S.Li.H2O/c1-32-21(31)11-7-2-3-8-16-33-20-14-12-19(13-15-20)28-25-29-23-22(34-17-26-23)24(30-25)27-18-9-5-4-6-10-18;30-20(31)10-6-1-2-7-15-32-19-13-11-18(12-14-19)27-24-28-22-21(33-16-25-22)23(29-24)26-17-8-4-3-5-9-17;;/h12-15,17-18H,2-11,16H2,1H3,(H2,27,28,29,30);11-14,16-17H,1-10,15H2,(H,30,31)(H2,26,27,28,29);;1H2/q;;+1;/p-1. The molecule has 2 saturated carbocycles. The van der Waals surface area contributed by atoms with Crippen LogP contribution in [0.5, 0.6) is 11.5 Å². The number of hydrogen-bond acceptors (Lipinski definition) is 18. The maximum absolute atomic E-state index is 11.1. The normalized spacial score (nSPS) is 13.8. The molecule has 2 aliphatic rings. The van der Waals surface area contributed by atoms with Crippen molar-refractivity contribution < 1.29 is 53.2 Å². The van der Waals surface area contributed by atoms with Crippen molar-refractivity contribution in [2.24, 2.45) is 0 Å². The molecule has 0 bridgehead atoms. The maximum Gasteiger partial charge on any atom is 1.00 e. The van der Waals surface area contributed by atoms with E-state index in [0.717, 1.165) is 95.3 Å². The zero-order valence-electron chi connectivity index (χ0n) is 39.9. The fourth-order valence-corrected chi connectivity index (χ4v) is 9.54. The Morgan fingerprint density at radius 1 is 0.594 bits per heavy atom. The Balaban J connectivity index is 0.000000250. The van der Waals surface area contributed by atoms with Gasteiger partial charge >= 0.3 is 30.8 Å². The minimum atomic E-state index is -0.728. The van der Waals surface area contributed by atoms with Gasteiger partial charge in [0.25, 0.3) is 0 Å². The predicted molar refractivity (Wildman–Crippen MR) is 270 cm³/mol. The molecule has 2 aliphatic carbocycles. The van der Waals surface area contributed by atoms with Crippen LogP contribution in [0.1, 0.15) is 128 Å². The van der Waals surface area contributed by atoms with Crippen molar-refractivity contribution in [3.05, 3.63) is 59.6 Å². The Labute approximate surface area is 424 Å². The number of nitrogens with zero attached hydrogens (tertiary/aromatic N) is 6. The Bertz CT molecular complexity index is 2430. The van der Waals surface area contributed by atoms with Crippen molar-refractivity contribution in [1.29, 1.82) is 0 Å². The van der Waals surface area contributed by atoms with Crippen LogP contribution in [0.3, 0.4) is 0 Å². The number of aliphatic carboxylic acids is 1. The summed E-state index contributed by atoms with van der Waals surface area (Å²) in [6.07, 6.45) is 20.5. The molecule has 69 heavy (non-hydrogen) atoms. The molecule has 2 fully saturated rings. The molecule has 4 aromatic heterocycles. The monoisotopic (exact) mass is 976 g/mol. The minimum absolute atomic E-state index is 0. The number of carboxylic acids is 1. The van der Waals surface area contributed by atoms with Gasteiger partial charge in [-0.25, -0.2) is 9.97 Å². The third-order valence-electron chi connectivity index (χ3n) is 11.8. The summed E-state index contributed by atoms with van der Waals surface area (Å²) in [5, 5.41) is 22.5. The molecule has 0 unspecified atom stereocenters. The third-order valence-corrected chi connectivity index (χ3v) is 13.5. The van der Waals surface area contributed by atoms with E-state index in [0.29, 0.717) is 54.9 Å². The van der Waals surface area contributed by atoms with Gasteiger partial charge < -0.3 is 46.1 Å². The van der Waals surface area contributed by atoms with E-state index in [9.17, 15) is 9.59 Å². The van der Waals surface area contributed by atoms with Crippen LogP contribution >= 0.6 is 22.7 Å². The minimum Gasteiger partial charge on any atom is -0.870 e. The first-order chi connectivity index (χ1) is 32.9. The van der Waals surface area contributed by atoms with E-state index in [1.807, 2.05) is 59.6 Å². The average molecular weight is 977 g/mol. The zero-order chi connectivity index (χ0) is 46.5. The van der Waals surface area contributed by atoms with Gasteiger partial charge in [0.2, 0.25) is 11.9 Å². The second kappa shape index (κ2) is 29.6. The van der Waals surface area contributed by atoms with Gasteiger partial charge in [0.15, 0.2) is 22.9 Å². The number of esters is 1. The molecule has 6 aromatic rings. The van der Waals surface area contributed by atoms with Gasteiger partial charge in [-0.1, -0.05) is 64.2 Å². The molecule has 366 valence electrons. The topological polar surface area (TPSA) is 238 Å². The number of carbonyl (C=O) groups is 2. The predicted octanol–water partition coefficient (Wildman–Crippen LogP) is 8.89. The van der Waals surface area contributed by atoms with Gasteiger partial charge in [0.1, 0.15) is 20.9 Å². The van der Waals surface area contributed by atoms with E-state index >= 15 is 0 Å². The van der Waals surface area contributed by atoms with Crippen LogP contribution in [0.2, 0.25) is 0 Å². The van der Waals surface area contributed by atoms with Gasteiger partial charge in [-0.2, -0.15) is 19.9 Å². The molecule has 17 nitrogen and oxygen atoms in total. The molecule has 4 heterocycles. The number of benzene rings is 2. The van der Waals surface area contributed by atoms with E-state index in [-0.39, 0.29) is 36.7 Å². The van der Waals surface area contributed by atoms with Gasteiger partial charge in [-0.05, 0) is 99.9 Å². The molecule has 0 spiro atoms. The first-order valence-corrected chi connectivity index (χ1v) is 25.7. The Hall–Kier alpha value is -5.32. The molecule has 6 N–H and O–H groups in total. The summed E-state index contributed by atoms with van der Waals surface area (Å²) in [6.45, 7) is 1.28. The molecular formula is C49H65LiN10O7S2. The van der Waals surface area contributed by atoms with E-state index in [1.54, 1.807) is 22.7 Å². The van der Waals surface area contributed by atoms with Gasteiger partial charge in [-0.3, -0.25) is 9.59 Å². The number of methoxy groups -OCH3 is 1. The summed E-state index contributed by atoms with van der Waals surface area (Å²) in [7, 11) is 1.43. The van der Waals surface area contributed by atoms with Crippen molar-refractivity contribution in [2.45, 2.75) is 141 Å². The third kappa shape index (κ3) is 18.2. The van der Waals surface area contributed by atoms with Crippen LogP contribution in [0.15, 0.2) is 59.6 Å². The fraction of sp³-hybridized carbons (Fsp3) is 0.510. The summed E-state index contributed by atoms with van der Waals surface area (Å²) >= 11 is 3.14. The molecule has 8 rings (SSSR count). The molecule has 0 atom stereocenters. The smallest absolute Gasteiger partial charge is 0.870 e. The summed E-state index contributed by atoms with van der Waals surface area (Å²) in [4.78, 5) is 49.1. The van der Waals surface area contributed by atoms with Crippen LogP contribution in [-0.4, -0.2) is 84.8 Å². The van der Waals surface area contributed by atoms with Crippen molar-refractivity contribution >= 4 is 90.2 Å². The van der Waals surface area contributed by atoms with E-state index in [4.69, 9.17) is 24.5 Å². The summed E-state index contributed by atoms with van der Waals surface area (Å²) < 4.78 is 18.3. The fourth-order valence-electron chi connectivity index (χ4n) is 8.18. The maximum atomic E-state index is 11.1. The molecule has 20 heteroatoms. The van der Waals surface area contributed by atoms with Gasteiger partial charge in [-0.15, -0.1) is 22.7 Å². The van der Waals surface area contributed by atoms with Gasteiger partial charge in [0, 0.05) is 36.3 Å². The summed E-state index contributed by atoms with van der Waals surface area (Å²) in [6, 6.07) is 16.5. The number of unbranched alkanes of at least 4 members (excludes halogenated alkanes) is 6. The largest absolute Gasteiger partial charge is 1.00 e. The number of fused-ring (bicyclic) bond motifs is 2. The number of carboxylic acid groups (broad SMARTS) is 1. The molecule has 0 aliphatic heterocycles. The average Bonchev–Trinajstić information content (AvgIpc) is 4.03. The Kier molecular flexibility index (Phi) is 23.5. The van der Waals surface area contributed by atoms with Crippen LogP contribution in [0.25, 0.3) is 20.7 Å². The number of thiazole rings is 2. The number of nitrogens with one attached hydrogen (secondary N) is 4. The molecular weight excluding hydrogens is 912 g/mol. The number of carbonyl (C=O) groups excluding carboxylic acids is 1. The SMILES string of the molecule is COC(=O)CCCCCCOc1ccc(Nc2nc(NC3CCCCC3)c3scnc3n2)cc1.O=C(O)CCCCCCOc1ccc(Nc2nc(NC3CCCCC3)c3scnc3n2)cc1.[Li+].[OH-]. The summed E-state index contributed by atoms with van der Waals surface area (Å²) in [5.41, 5.74) is 6.84. The van der Waals surface area contributed by atoms with Crippen LogP contribution in [0, 0.1) is 0 Å². The number of ether oxygens (including phenoxy) is 3. The molecule has 0 saturated heterocycles. The Morgan fingerprint density at radius 3 is 1.43 bits per heavy atom. The van der Waals surface area contributed by atoms with Crippen LogP contribution < -0.4 is 49.6 Å². The van der Waals surface area contributed by atoms with Crippen molar-refractivity contribution in [3.8, 4) is 11.5 Å². The molecule has 2 aromatic carbocycles. The van der Waals surface area contributed by atoms with E-state index < -0.39 is 5.97 Å². The van der Waals surface area contributed by atoms with Crippen molar-refractivity contribution in [3.63, 3.8) is 0 Å². The van der Waals surface area contributed by atoms with Crippen LogP contribution in [-0.2, 0) is 14.3 Å². The van der Waals surface area contributed by atoms with Crippen LogP contribution in [0.4, 0.5) is 34.9 Å². The van der Waals surface area contributed by atoms with E-state index in [2.05, 4.69) is 45.9 Å².